The molecule has 0 radical (unpaired) electrons. The topological polar surface area (TPSA) is 86.6 Å². The monoisotopic (exact) mass is 237 g/mol. The van der Waals surface area contributed by atoms with E-state index in [2.05, 4.69) is 5.32 Å². The molecule has 92 valence electrons. The average Bonchev–Trinajstić information content (AvgIpc) is 2.25. The third-order valence-electron chi connectivity index (χ3n) is 2.43. The first-order chi connectivity index (χ1) is 8.00. The number of para-hydroxylation sites is 1. The summed E-state index contributed by atoms with van der Waals surface area (Å²) in [4.78, 5) is 21.6. The van der Waals surface area contributed by atoms with Gasteiger partial charge in [-0.25, -0.2) is 4.79 Å². The molecule has 3 N–H and O–H groups in total. The molecule has 0 aliphatic carbocycles. The van der Waals surface area contributed by atoms with Gasteiger partial charge in [-0.2, -0.15) is 0 Å². The lowest BCUT2D eigenvalue weighted by molar-refractivity contribution is -0.141. The summed E-state index contributed by atoms with van der Waals surface area (Å²) in [5, 5.41) is 20.5. The Morgan fingerprint density at radius 3 is 2.29 bits per heavy atom. The number of benzene rings is 1. The van der Waals surface area contributed by atoms with Gasteiger partial charge in [0, 0.05) is 5.69 Å². The van der Waals surface area contributed by atoms with Crippen LogP contribution >= 0.6 is 0 Å². The summed E-state index contributed by atoms with van der Waals surface area (Å²) in [6, 6.07) is 7.95. The maximum absolute atomic E-state index is 11.1. The minimum absolute atomic E-state index is 0.184. The number of rotatable bonds is 6. The summed E-state index contributed by atoms with van der Waals surface area (Å²) >= 11 is 0. The van der Waals surface area contributed by atoms with E-state index in [-0.39, 0.29) is 6.42 Å². The fourth-order valence-electron chi connectivity index (χ4n) is 1.55. The van der Waals surface area contributed by atoms with Crippen LogP contribution in [-0.2, 0) is 9.59 Å². The maximum Gasteiger partial charge on any atom is 0.326 e. The number of nitrogens with one attached hydrogen (secondary N) is 1. The van der Waals surface area contributed by atoms with E-state index in [1.54, 1.807) is 31.2 Å². The molecule has 0 amide bonds. The van der Waals surface area contributed by atoms with E-state index in [1.807, 2.05) is 6.07 Å². The summed E-state index contributed by atoms with van der Waals surface area (Å²) in [6.45, 7) is 1.60. The Kier molecular flexibility index (Phi) is 4.51. The largest absolute Gasteiger partial charge is 0.481 e. The standard InChI is InChI=1S/C12H15NO4/c1-8(7-10(14)15)11(12(16)17)13-9-5-3-2-4-6-9/h2-6,8,11,13H,7H2,1H3,(H,14,15)(H,16,17)/t8?,11-/m1/s1. The normalized spacial score (nSPS) is 13.7. The minimum atomic E-state index is -1.05. The van der Waals surface area contributed by atoms with Crippen LogP contribution in [0.1, 0.15) is 13.3 Å². The van der Waals surface area contributed by atoms with E-state index < -0.39 is 23.9 Å². The zero-order chi connectivity index (χ0) is 12.8. The molecule has 5 nitrogen and oxygen atoms in total. The Morgan fingerprint density at radius 1 is 1.24 bits per heavy atom. The molecule has 0 aliphatic heterocycles. The van der Waals surface area contributed by atoms with Crippen LogP contribution in [-0.4, -0.2) is 28.2 Å². The van der Waals surface area contributed by atoms with Crippen molar-refractivity contribution in [1.29, 1.82) is 0 Å². The lowest BCUT2D eigenvalue weighted by Gasteiger charge is -2.21. The van der Waals surface area contributed by atoms with Crippen LogP contribution in [0.4, 0.5) is 5.69 Å². The van der Waals surface area contributed by atoms with E-state index in [1.165, 1.54) is 0 Å². The van der Waals surface area contributed by atoms with Gasteiger partial charge in [0.25, 0.3) is 0 Å². The van der Waals surface area contributed by atoms with E-state index in [0.717, 1.165) is 0 Å². The molecule has 0 aliphatic rings. The number of hydrogen-bond donors (Lipinski definition) is 3. The fraction of sp³-hybridized carbons (Fsp3) is 0.333. The molecule has 1 aromatic rings. The molecule has 0 spiro atoms. The number of aliphatic carboxylic acids is 2. The van der Waals surface area contributed by atoms with E-state index >= 15 is 0 Å². The zero-order valence-corrected chi connectivity index (χ0v) is 9.46. The van der Waals surface area contributed by atoms with Crippen LogP contribution in [0.5, 0.6) is 0 Å². The van der Waals surface area contributed by atoms with Crippen LogP contribution in [0.3, 0.4) is 0 Å². The molecule has 1 unspecified atom stereocenters. The summed E-state index contributed by atoms with van der Waals surface area (Å²) in [5.41, 5.74) is 0.664. The molecule has 2 atom stereocenters. The molecule has 1 aromatic carbocycles. The van der Waals surface area contributed by atoms with Crippen LogP contribution in [0.2, 0.25) is 0 Å². The highest BCUT2D eigenvalue weighted by Gasteiger charge is 2.26. The Balaban J connectivity index is 2.73. The molecule has 17 heavy (non-hydrogen) atoms. The van der Waals surface area contributed by atoms with E-state index in [0.29, 0.717) is 5.69 Å². The van der Waals surface area contributed by atoms with Gasteiger partial charge in [-0.15, -0.1) is 0 Å². The molecule has 0 saturated heterocycles. The Labute approximate surface area is 99.1 Å². The highest BCUT2D eigenvalue weighted by Crippen LogP contribution is 2.15. The fourth-order valence-corrected chi connectivity index (χ4v) is 1.55. The van der Waals surface area contributed by atoms with Gasteiger partial charge in [0.15, 0.2) is 0 Å². The van der Waals surface area contributed by atoms with Gasteiger partial charge in [-0.05, 0) is 18.1 Å². The third-order valence-corrected chi connectivity index (χ3v) is 2.43. The maximum atomic E-state index is 11.1. The SMILES string of the molecule is CC(CC(=O)O)[C@@H](Nc1ccccc1)C(=O)O. The van der Waals surface area contributed by atoms with Gasteiger partial charge in [0.2, 0.25) is 0 Å². The van der Waals surface area contributed by atoms with Crippen molar-refractivity contribution in [3.05, 3.63) is 30.3 Å². The van der Waals surface area contributed by atoms with Gasteiger partial charge < -0.3 is 15.5 Å². The number of carbonyl (C=O) groups is 2. The summed E-state index contributed by atoms with van der Waals surface area (Å²) in [7, 11) is 0. The van der Waals surface area contributed by atoms with Gasteiger partial charge in [-0.3, -0.25) is 4.79 Å². The molecule has 0 heterocycles. The second-order valence-electron chi connectivity index (χ2n) is 3.90. The molecule has 0 saturated carbocycles. The smallest absolute Gasteiger partial charge is 0.326 e. The Bertz CT molecular complexity index is 391. The van der Waals surface area contributed by atoms with Gasteiger partial charge in [0.05, 0.1) is 6.42 Å². The van der Waals surface area contributed by atoms with Crippen LogP contribution in [0.15, 0.2) is 30.3 Å². The van der Waals surface area contributed by atoms with Crippen molar-refractivity contribution in [3.8, 4) is 0 Å². The number of carboxylic acid groups (broad SMARTS) is 2. The minimum Gasteiger partial charge on any atom is -0.481 e. The highest BCUT2D eigenvalue weighted by atomic mass is 16.4. The van der Waals surface area contributed by atoms with E-state index in [4.69, 9.17) is 10.2 Å². The van der Waals surface area contributed by atoms with Gasteiger partial charge in [0.1, 0.15) is 6.04 Å². The molecular weight excluding hydrogens is 222 g/mol. The van der Waals surface area contributed by atoms with Crippen LogP contribution in [0.25, 0.3) is 0 Å². The summed E-state index contributed by atoms with van der Waals surface area (Å²) < 4.78 is 0. The molecule has 0 bridgehead atoms. The van der Waals surface area contributed by atoms with Crippen molar-refractivity contribution < 1.29 is 19.8 Å². The predicted molar refractivity (Wildman–Crippen MR) is 62.9 cm³/mol. The van der Waals surface area contributed by atoms with E-state index in [9.17, 15) is 9.59 Å². The third kappa shape index (κ3) is 4.14. The first-order valence-corrected chi connectivity index (χ1v) is 5.27. The van der Waals surface area contributed by atoms with Crippen molar-refractivity contribution in [2.24, 2.45) is 5.92 Å². The van der Waals surface area contributed by atoms with Crippen LogP contribution < -0.4 is 5.32 Å². The molecule has 1 rings (SSSR count). The number of anilines is 1. The lowest BCUT2D eigenvalue weighted by atomic mass is 9.98. The molecular formula is C12H15NO4. The summed E-state index contributed by atoms with van der Waals surface area (Å²) in [6.07, 6.45) is -0.184. The summed E-state index contributed by atoms with van der Waals surface area (Å²) in [5.74, 6) is -2.55. The number of hydrogen-bond acceptors (Lipinski definition) is 3. The first-order valence-electron chi connectivity index (χ1n) is 5.27. The Morgan fingerprint density at radius 2 is 1.82 bits per heavy atom. The highest BCUT2D eigenvalue weighted by molar-refractivity contribution is 5.79. The second-order valence-corrected chi connectivity index (χ2v) is 3.90. The predicted octanol–water partition coefficient (Wildman–Crippen LogP) is 1.66. The van der Waals surface area contributed by atoms with Crippen molar-refractivity contribution in [2.75, 3.05) is 5.32 Å². The first kappa shape index (κ1) is 13.0. The zero-order valence-electron chi connectivity index (χ0n) is 9.46. The molecule has 0 fully saturated rings. The van der Waals surface area contributed by atoms with Crippen molar-refractivity contribution in [2.45, 2.75) is 19.4 Å². The van der Waals surface area contributed by atoms with Crippen molar-refractivity contribution in [3.63, 3.8) is 0 Å². The lowest BCUT2D eigenvalue weighted by Crippen LogP contribution is -2.36. The van der Waals surface area contributed by atoms with Crippen molar-refractivity contribution >= 4 is 17.6 Å². The molecule has 5 heteroatoms. The van der Waals surface area contributed by atoms with Crippen molar-refractivity contribution in [1.82, 2.24) is 0 Å². The molecule has 0 aromatic heterocycles. The Hall–Kier alpha value is -2.04. The second kappa shape index (κ2) is 5.89. The quantitative estimate of drug-likeness (QED) is 0.700. The average molecular weight is 237 g/mol. The van der Waals surface area contributed by atoms with Crippen LogP contribution in [0, 0.1) is 5.92 Å². The van der Waals surface area contributed by atoms with Gasteiger partial charge in [-0.1, -0.05) is 25.1 Å². The van der Waals surface area contributed by atoms with Gasteiger partial charge >= 0.3 is 11.9 Å². The number of carboxylic acids is 2.